The first kappa shape index (κ1) is 34.8. The Hall–Kier alpha value is -3.03. The van der Waals surface area contributed by atoms with Crippen LogP contribution in [0.25, 0.3) is 0 Å². The molecule has 0 radical (unpaired) electrons. The number of anilines is 1. The summed E-state index contributed by atoms with van der Waals surface area (Å²) in [5.74, 6) is -0.0333. The van der Waals surface area contributed by atoms with Gasteiger partial charge in [0.25, 0.3) is 0 Å². The number of alkyl carbamates (subject to hydrolysis) is 1. The van der Waals surface area contributed by atoms with Crippen molar-refractivity contribution in [1.82, 2.24) is 9.62 Å². The summed E-state index contributed by atoms with van der Waals surface area (Å²) in [7, 11) is -0.444. The van der Waals surface area contributed by atoms with Crippen molar-refractivity contribution < 1.29 is 37.3 Å². The lowest BCUT2D eigenvalue weighted by molar-refractivity contribution is -0.117. The number of benzene rings is 2. The highest BCUT2D eigenvalue weighted by Gasteiger charge is 2.44. The largest absolute Gasteiger partial charge is 0.443 e. The molecule has 2 aliphatic heterocycles. The number of carbonyl (C=O) groups excluding carboxylic acids is 2. The van der Waals surface area contributed by atoms with Crippen molar-refractivity contribution in [3.63, 3.8) is 0 Å². The average molecular weight is 646 g/mol. The Balaban J connectivity index is 1.59. The molecule has 0 saturated carbocycles. The van der Waals surface area contributed by atoms with Crippen molar-refractivity contribution in [1.29, 1.82) is 0 Å². The number of ether oxygens (including phenoxy) is 3. The standard InChI is InChI=1S/C33H47N3O8S/c1-23(37)14-16-33(2,3)22-36(45(40,41)26-13-9-12-25(19-26)35(4)5)20-29(38)28(18-24-10-7-6-8-11-24)34-32(39)44-30-21-43-31-27(30)15-17-42-31/h6-13,19,27-31,38H,14-18,20-22H2,1-5H3,(H,34,39). The molecule has 0 spiro atoms. The smallest absolute Gasteiger partial charge is 0.407 e. The monoisotopic (exact) mass is 645 g/mol. The number of Topliss-reactive ketones (excluding diaryl/α,β-unsaturated/α-hetero) is 1. The molecule has 248 valence electrons. The molecule has 2 saturated heterocycles. The molecule has 12 heteroatoms. The quantitative estimate of drug-likeness (QED) is 0.298. The fourth-order valence-electron chi connectivity index (χ4n) is 5.75. The zero-order chi connectivity index (χ0) is 32.8. The first-order valence-electron chi connectivity index (χ1n) is 15.4. The van der Waals surface area contributed by atoms with E-state index in [1.165, 1.54) is 17.3 Å². The number of hydrogen-bond acceptors (Lipinski definition) is 9. The van der Waals surface area contributed by atoms with Crippen LogP contribution in [0, 0.1) is 11.3 Å². The number of nitrogens with zero attached hydrogens (tertiary/aromatic N) is 2. The van der Waals surface area contributed by atoms with Crippen LogP contribution in [0.15, 0.2) is 59.5 Å². The summed E-state index contributed by atoms with van der Waals surface area (Å²) in [6.45, 7) is 5.84. The van der Waals surface area contributed by atoms with Crippen LogP contribution in [0.2, 0.25) is 0 Å². The fraction of sp³-hybridized carbons (Fsp3) is 0.576. The Bertz CT molecular complexity index is 1400. The van der Waals surface area contributed by atoms with Gasteiger partial charge in [0.05, 0.1) is 36.2 Å². The minimum absolute atomic E-state index is 0.0185. The van der Waals surface area contributed by atoms with E-state index in [1.807, 2.05) is 69.2 Å². The van der Waals surface area contributed by atoms with Crippen LogP contribution < -0.4 is 10.2 Å². The van der Waals surface area contributed by atoms with E-state index in [0.29, 0.717) is 25.1 Å². The molecule has 5 atom stereocenters. The average Bonchev–Trinajstić information content (AvgIpc) is 3.61. The topological polar surface area (TPSA) is 135 Å². The molecule has 2 aromatic carbocycles. The lowest BCUT2D eigenvalue weighted by Crippen LogP contribution is -2.52. The third-order valence-corrected chi connectivity index (χ3v) is 10.2. The predicted octanol–water partition coefficient (Wildman–Crippen LogP) is 3.60. The molecule has 2 heterocycles. The Morgan fingerprint density at radius 2 is 1.84 bits per heavy atom. The van der Waals surface area contributed by atoms with E-state index in [9.17, 15) is 23.1 Å². The van der Waals surface area contributed by atoms with Crippen LogP contribution in [0.1, 0.15) is 45.6 Å². The highest BCUT2D eigenvalue weighted by atomic mass is 32.2. The number of aliphatic hydroxyl groups is 1. The molecule has 1 amide bonds. The van der Waals surface area contributed by atoms with Gasteiger partial charge >= 0.3 is 6.09 Å². The van der Waals surface area contributed by atoms with Gasteiger partial charge < -0.3 is 34.3 Å². The molecule has 0 bridgehead atoms. The van der Waals surface area contributed by atoms with E-state index < -0.39 is 39.8 Å². The number of nitrogens with one attached hydrogen (secondary N) is 1. The zero-order valence-corrected chi connectivity index (χ0v) is 27.7. The SMILES string of the molecule is CC(=O)CCC(C)(C)CN(CC(O)C(Cc1ccccc1)NC(=O)OC1COC2OCCC12)S(=O)(=O)c1cccc(N(C)C)c1. The summed E-state index contributed by atoms with van der Waals surface area (Å²) in [4.78, 5) is 26.9. The highest BCUT2D eigenvalue weighted by molar-refractivity contribution is 7.89. The molecule has 0 aromatic heterocycles. The first-order chi connectivity index (χ1) is 21.2. The Morgan fingerprint density at radius 1 is 1.11 bits per heavy atom. The molecule has 2 N–H and O–H groups in total. The maximum atomic E-state index is 14.2. The highest BCUT2D eigenvalue weighted by Crippen LogP contribution is 2.33. The summed E-state index contributed by atoms with van der Waals surface area (Å²) in [6, 6.07) is 15.1. The Kier molecular flexibility index (Phi) is 11.6. The van der Waals surface area contributed by atoms with Gasteiger partial charge in [0.15, 0.2) is 6.29 Å². The Morgan fingerprint density at radius 3 is 2.53 bits per heavy atom. The van der Waals surface area contributed by atoms with Crippen LogP contribution in [0.3, 0.4) is 0 Å². The summed E-state index contributed by atoms with van der Waals surface area (Å²) < 4.78 is 46.5. The summed E-state index contributed by atoms with van der Waals surface area (Å²) >= 11 is 0. The summed E-state index contributed by atoms with van der Waals surface area (Å²) in [5.41, 5.74) is 0.983. The number of sulfonamides is 1. The van der Waals surface area contributed by atoms with Gasteiger partial charge in [-0.25, -0.2) is 13.2 Å². The molecular formula is C33H47N3O8S. The normalized spacial score (nSPS) is 21.3. The van der Waals surface area contributed by atoms with Crippen LogP contribution in [0.4, 0.5) is 10.5 Å². The van der Waals surface area contributed by atoms with Crippen molar-refractivity contribution in [3.8, 4) is 0 Å². The lowest BCUT2D eigenvalue weighted by Gasteiger charge is -2.35. The molecule has 2 aromatic rings. The van der Waals surface area contributed by atoms with Gasteiger partial charge in [-0.2, -0.15) is 4.31 Å². The van der Waals surface area contributed by atoms with E-state index in [1.54, 1.807) is 12.1 Å². The molecule has 5 unspecified atom stereocenters. The van der Waals surface area contributed by atoms with E-state index in [2.05, 4.69) is 5.32 Å². The van der Waals surface area contributed by atoms with Crippen molar-refractivity contribution in [2.24, 2.45) is 11.3 Å². The van der Waals surface area contributed by atoms with Gasteiger partial charge in [-0.1, -0.05) is 50.2 Å². The van der Waals surface area contributed by atoms with Crippen LogP contribution in [0.5, 0.6) is 0 Å². The van der Waals surface area contributed by atoms with E-state index in [4.69, 9.17) is 14.2 Å². The number of carbonyl (C=O) groups is 2. The number of aliphatic hydroxyl groups excluding tert-OH is 1. The number of hydrogen-bond donors (Lipinski definition) is 2. The second-order valence-corrected chi connectivity index (χ2v) is 15.0. The van der Waals surface area contributed by atoms with E-state index in [0.717, 1.165) is 12.0 Å². The zero-order valence-electron chi connectivity index (χ0n) is 26.8. The third-order valence-electron chi connectivity index (χ3n) is 8.43. The van der Waals surface area contributed by atoms with Crippen LogP contribution in [-0.2, 0) is 35.4 Å². The van der Waals surface area contributed by atoms with Crippen molar-refractivity contribution >= 4 is 27.6 Å². The van der Waals surface area contributed by atoms with E-state index >= 15 is 0 Å². The Labute approximate surface area is 266 Å². The second-order valence-electron chi connectivity index (χ2n) is 13.0. The number of rotatable bonds is 15. The van der Waals surface area contributed by atoms with Gasteiger partial charge in [0, 0.05) is 39.3 Å². The minimum Gasteiger partial charge on any atom is -0.443 e. The maximum Gasteiger partial charge on any atom is 0.407 e. The van der Waals surface area contributed by atoms with Crippen molar-refractivity contribution in [2.45, 2.75) is 75.9 Å². The van der Waals surface area contributed by atoms with Crippen LogP contribution in [-0.4, -0.2) is 94.6 Å². The predicted molar refractivity (Wildman–Crippen MR) is 170 cm³/mol. The fourth-order valence-corrected chi connectivity index (χ4v) is 7.43. The van der Waals surface area contributed by atoms with Gasteiger partial charge in [-0.05, 0) is 55.4 Å². The van der Waals surface area contributed by atoms with Gasteiger partial charge in [0.2, 0.25) is 10.0 Å². The van der Waals surface area contributed by atoms with Gasteiger partial charge in [-0.15, -0.1) is 0 Å². The third kappa shape index (κ3) is 9.49. The minimum atomic E-state index is -4.10. The van der Waals surface area contributed by atoms with Crippen LogP contribution >= 0.6 is 0 Å². The molecule has 45 heavy (non-hydrogen) atoms. The van der Waals surface area contributed by atoms with Crippen molar-refractivity contribution in [2.75, 3.05) is 45.3 Å². The first-order valence-corrected chi connectivity index (χ1v) is 16.9. The molecule has 2 fully saturated rings. The summed E-state index contributed by atoms with van der Waals surface area (Å²) in [5, 5.41) is 14.5. The molecule has 2 aliphatic rings. The van der Waals surface area contributed by atoms with Gasteiger partial charge in [-0.3, -0.25) is 0 Å². The molecule has 4 rings (SSSR count). The second kappa shape index (κ2) is 15.0. The van der Waals surface area contributed by atoms with Crippen molar-refractivity contribution in [3.05, 3.63) is 60.2 Å². The van der Waals surface area contributed by atoms with E-state index in [-0.39, 0.29) is 49.0 Å². The number of ketones is 1. The number of fused-ring (bicyclic) bond motifs is 1. The summed E-state index contributed by atoms with van der Waals surface area (Å²) in [6.07, 6.45) is -1.14. The molecule has 0 aliphatic carbocycles. The maximum absolute atomic E-state index is 14.2. The lowest BCUT2D eigenvalue weighted by atomic mass is 9.87. The molecular weight excluding hydrogens is 598 g/mol. The molecule has 11 nitrogen and oxygen atoms in total. The number of amides is 1. The van der Waals surface area contributed by atoms with Gasteiger partial charge in [0.1, 0.15) is 11.9 Å².